The summed E-state index contributed by atoms with van der Waals surface area (Å²) in [5.41, 5.74) is 0. The molecule has 1 aromatic heterocycles. The third-order valence-electron chi connectivity index (χ3n) is 3.62. The smallest absolute Gasteiger partial charge is 0.243 e. The molecular weight excluding hydrogens is 422 g/mol. The van der Waals surface area contributed by atoms with Gasteiger partial charge in [-0.2, -0.15) is 4.31 Å². The highest BCUT2D eigenvalue weighted by atomic mass is 79.9. The summed E-state index contributed by atoms with van der Waals surface area (Å²) in [6.07, 6.45) is 0.645. The Balaban J connectivity index is 2.18. The van der Waals surface area contributed by atoms with Crippen molar-refractivity contribution in [2.75, 3.05) is 18.4 Å². The van der Waals surface area contributed by atoms with Crippen molar-refractivity contribution in [3.8, 4) is 0 Å². The van der Waals surface area contributed by atoms with Crippen LogP contribution in [0.25, 0.3) is 0 Å². The highest BCUT2D eigenvalue weighted by molar-refractivity contribution is 9.10. The van der Waals surface area contributed by atoms with E-state index in [-0.39, 0.29) is 23.8 Å². The third-order valence-corrected chi connectivity index (χ3v) is 6.01. The first-order valence-electron chi connectivity index (χ1n) is 8.17. The van der Waals surface area contributed by atoms with Gasteiger partial charge in [0.15, 0.2) is 5.82 Å². The summed E-state index contributed by atoms with van der Waals surface area (Å²) in [5.74, 6) is 0.651. The fraction of sp³-hybridized carbons (Fsp3) is 0.412. The van der Waals surface area contributed by atoms with Crippen LogP contribution in [0.15, 0.2) is 44.2 Å². The maximum Gasteiger partial charge on any atom is 0.243 e. The van der Waals surface area contributed by atoms with E-state index >= 15 is 0 Å². The Morgan fingerprint density at radius 2 is 1.96 bits per heavy atom. The summed E-state index contributed by atoms with van der Waals surface area (Å²) in [6.45, 7) is 5.67. The number of hydrogen-bond donors (Lipinski definition) is 1. The zero-order valence-electron chi connectivity index (χ0n) is 14.9. The molecule has 0 saturated carbocycles. The van der Waals surface area contributed by atoms with E-state index in [1.165, 1.54) is 16.4 Å². The molecule has 9 heteroatoms. The first-order chi connectivity index (χ1) is 12.2. The van der Waals surface area contributed by atoms with Crippen LogP contribution in [-0.2, 0) is 14.8 Å². The summed E-state index contributed by atoms with van der Waals surface area (Å²) in [4.78, 5) is 12.5. The van der Waals surface area contributed by atoms with E-state index in [1.807, 2.05) is 13.8 Å². The normalized spacial score (nSPS) is 11.9. The lowest BCUT2D eigenvalue weighted by Gasteiger charge is -2.22. The number of amides is 1. The zero-order valence-corrected chi connectivity index (χ0v) is 17.3. The summed E-state index contributed by atoms with van der Waals surface area (Å²) in [5, 5.41) is 6.24. The Kier molecular flexibility index (Phi) is 6.96. The number of anilines is 1. The minimum atomic E-state index is -3.79. The van der Waals surface area contributed by atoms with Crippen LogP contribution >= 0.6 is 15.9 Å². The van der Waals surface area contributed by atoms with E-state index in [1.54, 1.807) is 25.1 Å². The molecule has 0 radical (unpaired) electrons. The molecule has 2 rings (SSSR count). The van der Waals surface area contributed by atoms with E-state index in [0.29, 0.717) is 18.1 Å². The predicted molar refractivity (Wildman–Crippen MR) is 102 cm³/mol. The second-order valence-electron chi connectivity index (χ2n) is 6.35. The standard InChI is InChI=1S/C17H22BrN3O4S/c1-12(2)8-9-21(11-17(22)19-16-10-13(3)25-20-16)26(23,24)15-6-4-14(18)5-7-15/h4-7,10,12H,8-9,11H2,1-3H3,(H,19,20,22). The summed E-state index contributed by atoms with van der Waals surface area (Å²) >= 11 is 3.29. The molecule has 0 fully saturated rings. The van der Waals surface area contributed by atoms with E-state index < -0.39 is 15.9 Å². The number of carbonyl (C=O) groups excluding carboxylic acids is 1. The van der Waals surface area contributed by atoms with Crippen molar-refractivity contribution in [2.24, 2.45) is 5.92 Å². The van der Waals surface area contributed by atoms with Crippen molar-refractivity contribution in [3.63, 3.8) is 0 Å². The molecule has 1 N–H and O–H groups in total. The first-order valence-corrected chi connectivity index (χ1v) is 10.4. The number of rotatable bonds is 8. The Labute approximate surface area is 161 Å². The van der Waals surface area contributed by atoms with Gasteiger partial charge in [0.2, 0.25) is 15.9 Å². The molecule has 0 atom stereocenters. The highest BCUT2D eigenvalue weighted by Crippen LogP contribution is 2.20. The van der Waals surface area contributed by atoms with Gasteiger partial charge in [0.25, 0.3) is 0 Å². The van der Waals surface area contributed by atoms with Crippen molar-refractivity contribution in [1.29, 1.82) is 0 Å². The van der Waals surface area contributed by atoms with Crippen LogP contribution in [0.5, 0.6) is 0 Å². The van der Waals surface area contributed by atoms with Crippen molar-refractivity contribution >= 4 is 37.7 Å². The number of hydrogen-bond acceptors (Lipinski definition) is 5. The summed E-state index contributed by atoms with van der Waals surface area (Å²) in [6, 6.07) is 7.92. The molecule has 0 aliphatic rings. The fourth-order valence-corrected chi connectivity index (χ4v) is 3.89. The number of carbonyl (C=O) groups is 1. The number of aromatic nitrogens is 1. The van der Waals surface area contributed by atoms with Crippen molar-refractivity contribution in [3.05, 3.63) is 40.6 Å². The van der Waals surface area contributed by atoms with Crippen LogP contribution in [0.4, 0.5) is 5.82 Å². The molecule has 0 bridgehead atoms. The van der Waals surface area contributed by atoms with Gasteiger partial charge in [-0.1, -0.05) is 34.9 Å². The lowest BCUT2D eigenvalue weighted by Crippen LogP contribution is -2.39. The number of halogens is 1. The molecular formula is C17H22BrN3O4S. The summed E-state index contributed by atoms with van der Waals surface area (Å²) in [7, 11) is -3.79. The summed E-state index contributed by atoms with van der Waals surface area (Å²) < 4.78 is 32.8. The van der Waals surface area contributed by atoms with Crippen molar-refractivity contribution in [2.45, 2.75) is 32.1 Å². The van der Waals surface area contributed by atoms with E-state index in [4.69, 9.17) is 4.52 Å². The number of nitrogens with one attached hydrogen (secondary N) is 1. The molecule has 7 nitrogen and oxygen atoms in total. The maximum absolute atomic E-state index is 12.9. The average molecular weight is 444 g/mol. The Bertz CT molecular complexity index is 847. The Morgan fingerprint density at radius 1 is 1.31 bits per heavy atom. The molecule has 142 valence electrons. The van der Waals surface area contributed by atoms with Crippen molar-refractivity contribution < 1.29 is 17.7 Å². The first kappa shape index (κ1) is 20.6. The van der Waals surface area contributed by atoms with Gasteiger partial charge < -0.3 is 9.84 Å². The molecule has 0 aliphatic carbocycles. The predicted octanol–water partition coefficient (Wildman–Crippen LogP) is 3.42. The second kappa shape index (κ2) is 8.79. The minimum Gasteiger partial charge on any atom is -0.360 e. The van der Waals surface area contributed by atoms with Crippen LogP contribution < -0.4 is 5.32 Å². The Morgan fingerprint density at radius 3 is 2.50 bits per heavy atom. The van der Waals surface area contributed by atoms with E-state index in [2.05, 4.69) is 26.4 Å². The Hall–Kier alpha value is -1.71. The van der Waals surface area contributed by atoms with Crippen molar-refractivity contribution in [1.82, 2.24) is 9.46 Å². The second-order valence-corrected chi connectivity index (χ2v) is 9.20. The molecule has 0 saturated heterocycles. The maximum atomic E-state index is 12.9. The topological polar surface area (TPSA) is 92.5 Å². The van der Waals surface area contributed by atoms with Gasteiger partial charge in [0.05, 0.1) is 11.4 Å². The van der Waals surface area contributed by atoms with Gasteiger partial charge in [-0.3, -0.25) is 4.79 Å². The zero-order chi connectivity index (χ0) is 19.3. The van der Waals surface area contributed by atoms with Gasteiger partial charge in [-0.15, -0.1) is 0 Å². The molecule has 26 heavy (non-hydrogen) atoms. The number of sulfonamides is 1. The molecule has 2 aromatic rings. The highest BCUT2D eigenvalue weighted by Gasteiger charge is 2.27. The van der Waals surface area contributed by atoms with E-state index in [9.17, 15) is 13.2 Å². The SMILES string of the molecule is Cc1cc(NC(=O)CN(CCC(C)C)S(=O)(=O)c2ccc(Br)cc2)no1. The lowest BCUT2D eigenvalue weighted by molar-refractivity contribution is -0.116. The third kappa shape index (κ3) is 5.65. The van der Waals surface area contributed by atoms with Gasteiger partial charge in [0.1, 0.15) is 5.76 Å². The lowest BCUT2D eigenvalue weighted by atomic mass is 10.1. The van der Waals surface area contributed by atoms with Crippen LogP contribution in [0.2, 0.25) is 0 Å². The van der Waals surface area contributed by atoms with E-state index in [0.717, 1.165) is 4.47 Å². The van der Waals surface area contributed by atoms with Gasteiger partial charge in [-0.25, -0.2) is 8.42 Å². The van der Waals surface area contributed by atoms with Gasteiger partial charge in [0, 0.05) is 17.1 Å². The van der Waals surface area contributed by atoms with Crippen LogP contribution in [0.3, 0.4) is 0 Å². The molecule has 1 heterocycles. The van der Waals surface area contributed by atoms with Gasteiger partial charge >= 0.3 is 0 Å². The quantitative estimate of drug-likeness (QED) is 0.674. The number of aryl methyl sites for hydroxylation is 1. The monoisotopic (exact) mass is 443 g/mol. The minimum absolute atomic E-state index is 0.148. The van der Waals surface area contributed by atoms with Gasteiger partial charge in [-0.05, 0) is 43.5 Å². The van der Waals surface area contributed by atoms with Crippen LogP contribution in [0.1, 0.15) is 26.0 Å². The largest absolute Gasteiger partial charge is 0.360 e. The molecule has 1 aromatic carbocycles. The molecule has 0 aliphatic heterocycles. The molecule has 0 spiro atoms. The van der Waals surface area contributed by atoms with Crippen LogP contribution in [-0.4, -0.2) is 36.9 Å². The molecule has 1 amide bonds. The molecule has 0 unspecified atom stereocenters. The number of nitrogens with zero attached hydrogens (tertiary/aromatic N) is 2. The van der Waals surface area contributed by atoms with Crippen LogP contribution in [0, 0.1) is 12.8 Å². The number of benzene rings is 1. The average Bonchev–Trinajstić information content (AvgIpc) is 2.96. The fourth-order valence-electron chi connectivity index (χ4n) is 2.21.